The number of hydrogen-bond donors (Lipinski definition) is 3. The molecule has 4 nitrogen and oxygen atoms in total. The van der Waals surface area contributed by atoms with Crippen molar-refractivity contribution < 1.29 is 10.2 Å². The van der Waals surface area contributed by atoms with Gasteiger partial charge in [0.15, 0.2) is 11.5 Å². The van der Waals surface area contributed by atoms with Crippen LogP contribution in [0.4, 0.5) is 0 Å². The van der Waals surface area contributed by atoms with Crippen LogP contribution in [0.3, 0.4) is 0 Å². The van der Waals surface area contributed by atoms with Crippen molar-refractivity contribution in [3.05, 3.63) is 23.8 Å². The maximum absolute atomic E-state index is 9.13. The van der Waals surface area contributed by atoms with Gasteiger partial charge in [0, 0.05) is 6.04 Å². The second-order valence-corrected chi connectivity index (χ2v) is 2.72. The first kappa shape index (κ1) is 9.36. The van der Waals surface area contributed by atoms with Crippen molar-refractivity contribution in [1.29, 1.82) is 5.26 Å². The second-order valence-electron chi connectivity index (χ2n) is 2.72. The molecule has 0 unspecified atom stereocenters. The second kappa shape index (κ2) is 3.78. The fraction of sp³-hybridized carbons (Fsp3) is 0.222. The zero-order valence-corrected chi connectivity index (χ0v) is 6.94. The predicted molar refractivity (Wildman–Crippen MR) is 46.9 cm³/mol. The van der Waals surface area contributed by atoms with E-state index in [2.05, 4.69) is 0 Å². The predicted octanol–water partition coefficient (Wildman–Crippen LogP) is 1.01. The summed E-state index contributed by atoms with van der Waals surface area (Å²) in [5.41, 5.74) is 6.25. The van der Waals surface area contributed by atoms with Crippen LogP contribution < -0.4 is 5.73 Å². The van der Waals surface area contributed by atoms with Gasteiger partial charge in [-0.2, -0.15) is 5.26 Å². The summed E-state index contributed by atoms with van der Waals surface area (Å²) in [6.07, 6.45) is 0.185. The van der Waals surface area contributed by atoms with Crippen LogP contribution in [-0.2, 0) is 0 Å². The van der Waals surface area contributed by atoms with Gasteiger partial charge in [-0.05, 0) is 17.7 Å². The van der Waals surface area contributed by atoms with Gasteiger partial charge >= 0.3 is 0 Å². The number of hydrogen-bond acceptors (Lipinski definition) is 4. The first-order valence-corrected chi connectivity index (χ1v) is 3.79. The number of phenolic OH excluding ortho intramolecular Hbond substituents is 2. The summed E-state index contributed by atoms with van der Waals surface area (Å²) in [6.45, 7) is 0. The zero-order chi connectivity index (χ0) is 9.84. The lowest BCUT2D eigenvalue weighted by molar-refractivity contribution is 0.402. The molecule has 0 amide bonds. The third kappa shape index (κ3) is 2.10. The van der Waals surface area contributed by atoms with Crippen LogP contribution in [-0.4, -0.2) is 10.2 Å². The molecule has 0 saturated heterocycles. The highest BCUT2D eigenvalue weighted by Crippen LogP contribution is 2.27. The maximum atomic E-state index is 9.13. The van der Waals surface area contributed by atoms with Crippen molar-refractivity contribution in [2.75, 3.05) is 0 Å². The molecule has 0 aromatic heterocycles. The molecule has 13 heavy (non-hydrogen) atoms. The van der Waals surface area contributed by atoms with Crippen molar-refractivity contribution >= 4 is 0 Å². The Morgan fingerprint density at radius 2 is 2.08 bits per heavy atom. The van der Waals surface area contributed by atoms with Crippen molar-refractivity contribution in [2.45, 2.75) is 12.5 Å². The number of benzene rings is 1. The van der Waals surface area contributed by atoms with E-state index in [0.717, 1.165) is 0 Å². The minimum absolute atomic E-state index is 0.185. The fourth-order valence-electron chi connectivity index (χ4n) is 0.987. The van der Waals surface area contributed by atoms with Crippen LogP contribution in [0.15, 0.2) is 18.2 Å². The van der Waals surface area contributed by atoms with E-state index in [1.165, 1.54) is 12.1 Å². The van der Waals surface area contributed by atoms with Gasteiger partial charge in [0.1, 0.15) is 0 Å². The molecule has 0 aliphatic rings. The van der Waals surface area contributed by atoms with Gasteiger partial charge in [-0.3, -0.25) is 0 Å². The van der Waals surface area contributed by atoms with E-state index in [1.807, 2.05) is 6.07 Å². The Bertz CT molecular complexity index is 344. The molecule has 68 valence electrons. The highest BCUT2D eigenvalue weighted by molar-refractivity contribution is 5.41. The highest BCUT2D eigenvalue weighted by Gasteiger charge is 2.07. The van der Waals surface area contributed by atoms with E-state index >= 15 is 0 Å². The molecule has 0 radical (unpaired) electrons. The van der Waals surface area contributed by atoms with Crippen LogP contribution in [0, 0.1) is 11.3 Å². The van der Waals surface area contributed by atoms with Crippen LogP contribution in [0.1, 0.15) is 18.0 Å². The summed E-state index contributed by atoms with van der Waals surface area (Å²) < 4.78 is 0. The number of aromatic hydroxyl groups is 2. The Hall–Kier alpha value is -1.73. The smallest absolute Gasteiger partial charge is 0.157 e. The summed E-state index contributed by atoms with van der Waals surface area (Å²) in [6, 6.07) is 5.80. The first-order valence-electron chi connectivity index (χ1n) is 3.79. The van der Waals surface area contributed by atoms with E-state index in [1.54, 1.807) is 6.07 Å². The molecule has 4 N–H and O–H groups in total. The average Bonchev–Trinajstić information content (AvgIpc) is 2.10. The Balaban J connectivity index is 2.91. The highest BCUT2D eigenvalue weighted by atomic mass is 16.3. The minimum Gasteiger partial charge on any atom is -0.504 e. The van der Waals surface area contributed by atoms with E-state index in [9.17, 15) is 0 Å². The van der Waals surface area contributed by atoms with Crippen molar-refractivity contribution in [3.63, 3.8) is 0 Å². The molecule has 1 aromatic carbocycles. The summed E-state index contributed by atoms with van der Waals surface area (Å²) in [5.74, 6) is -0.404. The first-order chi connectivity index (χ1) is 6.15. The van der Waals surface area contributed by atoms with E-state index in [-0.39, 0.29) is 17.9 Å². The molecule has 0 spiro atoms. The molecule has 0 aliphatic heterocycles. The monoisotopic (exact) mass is 178 g/mol. The molecule has 4 heteroatoms. The van der Waals surface area contributed by atoms with Crippen LogP contribution in [0.25, 0.3) is 0 Å². The maximum Gasteiger partial charge on any atom is 0.157 e. The molecule has 0 fully saturated rings. The average molecular weight is 178 g/mol. The number of phenols is 2. The number of nitriles is 1. The Morgan fingerprint density at radius 3 is 2.62 bits per heavy atom. The van der Waals surface area contributed by atoms with Gasteiger partial charge in [-0.25, -0.2) is 0 Å². The normalized spacial score (nSPS) is 12.0. The SMILES string of the molecule is N#CC[C@@H](N)c1ccc(O)c(O)c1. The third-order valence-electron chi connectivity index (χ3n) is 1.74. The number of nitrogens with two attached hydrogens (primary N) is 1. The third-order valence-corrected chi connectivity index (χ3v) is 1.74. The van der Waals surface area contributed by atoms with Gasteiger partial charge in [-0.1, -0.05) is 6.07 Å². The van der Waals surface area contributed by atoms with Gasteiger partial charge in [0.2, 0.25) is 0 Å². The fourth-order valence-corrected chi connectivity index (χ4v) is 0.987. The van der Waals surface area contributed by atoms with Crippen molar-refractivity contribution in [3.8, 4) is 17.6 Å². The standard InChI is InChI=1S/C9H10N2O2/c10-4-3-7(11)6-1-2-8(12)9(13)5-6/h1-2,5,7,12-13H,3,11H2/t7-/m1/s1. The Labute approximate surface area is 75.8 Å². The summed E-state index contributed by atoms with van der Waals surface area (Å²) in [7, 11) is 0. The van der Waals surface area contributed by atoms with Gasteiger partial charge in [0.05, 0.1) is 12.5 Å². The zero-order valence-electron chi connectivity index (χ0n) is 6.94. The summed E-state index contributed by atoms with van der Waals surface area (Å²) in [4.78, 5) is 0. The number of rotatable bonds is 2. The lowest BCUT2D eigenvalue weighted by Gasteiger charge is -2.08. The summed E-state index contributed by atoms with van der Waals surface area (Å²) >= 11 is 0. The largest absolute Gasteiger partial charge is 0.504 e. The van der Waals surface area contributed by atoms with Gasteiger partial charge < -0.3 is 15.9 Å². The molecule has 0 heterocycles. The molecule has 1 aromatic rings. The van der Waals surface area contributed by atoms with Crippen LogP contribution >= 0.6 is 0 Å². The molecular weight excluding hydrogens is 168 g/mol. The Morgan fingerprint density at radius 1 is 1.38 bits per heavy atom. The molecule has 0 saturated carbocycles. The van der Waals surface area contributed by atoms with Crippen molar-refractivity contribution in [2.24, 2.45) is 5.73 Å². The van der Waals surface area contributed by atoms with Gasteiger partial charge in [-0.15, -0.1) is 0 Å². The molecule has 0 bridgehead atoms. The lowest BCUT2D eigenvalue weighted by Crippen LogP contribution is -2.08. The van der Waals surface area contributed by atoms with Crippen molar-refractivity contribution in [1.82, 2.24) is 0 Å². The quantitative estimate of drug-likeness (QED) is 0.589. The summed E-state index contributed by atoms with van der Waals surface area (Å²) in [5, 5.41) is 26.5. The Kier molecular flexibility index (Phi) is 2.72. The molecule has 0 aliphatic carbocycles. The molecule has 1 rings (SSSR count). The lowest BCUT2D eigenvalue weighted by atomic mass is 10.1. The topological polar surface area (TPSA) is 90.3 Å². The van der Waals surface area contributed by atoms with E-state index in [4.69, 9.17) is 21.2 Å². The van der Waals surface area contributed by atoms with E-state index in [0.29, 0.717) is 5.56 Å². The van der Waals surface area contributed by atoms with E-state index < -0.39 is 6.04 Å². The molecular formula is C9H10N2O2. The number of nitrogens with zero attached hydrogens (tertiary/aromatic N) is 1. The van der Waals surface area contributed by atoms with Gasteiger partial charge in [0.25, 0.3) is 0 Å². The van der Waals surface area contributed by atoms with Crippen LogP contribution in [0.5, 0.6) is 11.5 Å². The van der Waals surface area contributed by atoms with Crippen LogP contribution in [0.2, 0.25) is 0 Å². The molecule has 1 atom stereocenters. The minimum atomic E-state index is -0.420.